The average molecular weight is 649 g/mol. The lowest BCUT2D eigenvalue weighted by Gasteiger charge is -2.25. The van der Waals surface area contributed by atoms with Crippen LogP contribution in [0.2, 0.25) is 0 Å². The number of hydrogen-bond donors (Lipinski definition) is 2. The molecule has 248 valence electrons. The number of imidazole rings is 1. The van der Waals surface area contributed by atoms with E-state index in [9.17, 15) is 13.2 Å². The van der Waals surface area contributed by atoms with Gasteiger partial charge in [-0.2, -0.15) is 18.2 Å². The van der Waals surface area contributed by atoms with Crippen molar-refractivity contribution in [3.8, 4) is 34.5 Å². The first-order chi connectivity index (χ1) is 22.6. The van der Waals surface area contributed by atoms with E-state index >= 15 is 0 Å². The van der Waals surface area contributed by atoms with Gasteiger partial charge in [0.2, 0.25) is 11.8 Å². The van der Waals surface area contributed by atoms with Crippen molar-refractivity contribution < 1.29 is 22.6 Å². The van der Waals surface area contributed by atoms with Crippen LogP contribution in [0.4, 0.5) is 19.0 Å². The highest BCUT2D eigenvalue weighted by Crippen LogP contribution is 2.48. The van der Waals surface area contributed by atoms with E-state index in [-0.39, 0.29) is 24.0 Å². The minimum atomic E-state index is -4.51. The van der Waals surface area contributed by atoms with Crippen molar-refractivity contribution >= 4 is 5.82 Å². The highest BCUT2D eigenvalue weighted by Gasteiger charge is 2.41. The maximum atomic E-state index is 13.2. The number of aryl methyl sites for hydroxylation is 1. The lowest BCUT2D eigenvalue weighted by molar-refractivity contribution is -0.140. The molecule has 4 aromatic rings. The molecule has 4 heterocycles. The molecule has 1 atom stereocenters. The number of nitrogens with zero attached hydrogens (tertiary/aromatic N) is 6. The van der Waals surface area contributed by atoms with Crippen LogP contribution in [0.3, 0.4) is 0 Å². The maximum absolute atomic E-state index is 13.2. The predicted molar refractivity (Wildman–Crippen MR) is 170 cm³/mol. The molecule has 0 amide bonds. The standard InChI is InChI=1S/C34H39F3N8O2/c1-33(17-38-2)18-39-29-26(33)32(46-16-20-9-11-22(12-10-20)30-42-24(15-45(30)3)34(35,36)37)44-28(43-29)25-27(21-13-14-21)40-19-41-31(25)47-23-7-5-4-6-8-23/h9-12,15,19,21,23,38H,4-8,13-14,16-18H2,1-3H3,(H,39,43,44). The summed E-state index contributed by atoms with van der Waals surface area (Å²) in [6.45, 7) is 3.68. The largest absolute Gasteiger partial charge is 0.474 e. The Bertz CT molecular complexity index is 1750. The van der Waals surface area contributed by atoms with E-state index in [1.807, 2.05) is 19.2 Å². The second-order valence-corrected chi connectivity index (χ2v) is 13.2. The minimum Gasteiger partial charge on any atom is -0.474 e. The number of hydrogen-bond acceptors (Lipinski definition) is 9. The Balaban J connectivity index is 1.22. The molecule has 1 aliphatic heterocycles. The molecule has 0 saturated heterocycles. The SMILES string of the molecule is CNCC1(C)CNc2nc(-c3c(OC4CCCCC4)ncnc3C3CC3)nc(OCc3ccc(-c4nc(C(F)(F)F)cn4C)cc3)c21. The zero-order chi connectivity index (χ0) is 32.8. The van der Waals surface area contributed by atoms with E-state index in [0.717, 1.165) is 67.1 Å². The second kappa shape index (κ2) is 12.4. The molecule has 1 aromatic carbocycles. The topological polar surface area (TPSA) is 112 Å². The monoisotopic (exact) mass is 648 g/mol. The van der Waals surface area contributed by atoms with E-state index in [4.69, 9.17) is 19.4 Å². The Morgan fingerprint density at radius 3 is 2.45 bits per heavy atom. The molecule has 2 N–H and O–H groups in total. The number of anilines is 1. The van der Waals surface area contributed by atoms with E-state index < -0.39 is 11.9 Å². The van der Waals surface area contributed by atoms with Gasteiger partial charge in [-0.3, -0.25) is 0 Å². The molecule has 13 heteroatoms. The predicted octanol–water partition coefficient (Wildman–Crippen LogP) is 6.42. The van der Waals surface area contributed by atoms with Gasteiger partial charge in [0.15, 0.2) is 11.5 Å². The summed E-state index contributed by atoms with van der Waals surface area (Å²) in [6.07, 6.45) is 5.75. The molecule has 2 aliphatic carbocycles. The van der Waals surface area contributed by atoms with Crippen molar-refractivity contribution in [2.75, 3.05) is 25.5 Å². The van der Waals surface area contributed by atoms with Crippen molar-refractivity contribution in [1.82, 2.24) is 34.8 Å². The van der Waals surface area contributed by atoms with Crippen LogP contribution in [0.25, 0.3) is 22.8 Å². The fraction of sp³-hybridized carbons (Fsp3) is 0.500. The molecule has 0 spiro atoms. The summed E-state index contributed by atoms with van der Waals surface area (Å²) in [5.74, 6) is 2.72. The van der Waals surface area contributed by atoms with Crippen molar-refractivity contribution in [3.63, 3.8) is 0 Å². The van der Waals surface area contributed by atoms with Crippen molar-refractivity contribution in [2.45, 2.75) is 82.1 Å². The fourth-order valence-corrected chi connectivity index (χ4v) is 6.70. The highest BCUT2D eigenvalue weighted by molar-refractivity contribution is 5.71. The van der Waals surface area contributed by atoms with Gasteiger partial charge in [0.1, 0.15) is 36.2 Å². The van der Waals surface area contributed by atoms with Crippen LogP contribution in [0.5, 0.6) is 11.8 Å². The molecule has 2 saturated carbocycles. The average Bonchev–Trinajstić information content (AvgIpc) is 3.75. The summed E-state index contributed by atoms with van der Waals surface area (Å²) in [6, 6.07) is 7.16. The molecule has 0 radical (unpaired) electrons. The molecule has 2 fully saturated rings. The summed E-state index contributed by atoms with van der Waals surface area (Å²) in [7, 11) is 3.47. The number of halogens is 3. The summed E-state index contributed by atoms with van der Waals surface area (Å²) in [5, 5.41) is 6.78. The van der Waals surface area contributed by atoms with Gasteiger partial charge >= 0.3 is 6.18 Å². The Labute approximate surface area is 271 Å². The number of fused-ring (bicyclic) bond motifs is 1. The number of alkyl halides is 3. The Hall–Kier alpha value is -4.26. The van der Waals surface area contributed by atoms with Crippen molar-refractivity contribution in [2.24, 2.45) is 7.05 Å². The Morgan fingerprint density at radius 1 is 1.00 bits per heavy atom. The van der Waals surface area contributed by atoms with Crippen LogP contribution < -0.4 is 20.1 Å². The smallest absolute Gasteiger partial charge is 0.434 e. The first-order valence-electron chi connectivity index (χ1n) is 16.3. The summed E-state index contributed by atoms with van der Waals surface area (Å²) in [5.41, 5.74) is 2.68. The van der Waals surface area contributed by atoms with E-state index in [1.165, 1.54) is 11.0 Å². The van der Waals surface area contributed by atoms with Crippen LogP contribution in [0.15, 0.2) is 36.8 Å². The van der Waals surface area contributed by atoms with Gasteiger partial charge in [0.25, 0.3) is 0 Å². The van der Waals surface area contributed by atoms with Gasteiger partial charge in [0.05, 0.1) is 11.3 Å². The molecule has 0 bridgehead atoms. The maximum Gasteiger partial charge on any atom is 0.434 e. The van der Waals surface area contributed by atoms with Gasteiger partial charge in [0, 0.05) is 43.2 Å². The normalized spacial score (nSPS) is 19.8. The zero-order valence-electron chi connectivity index (χ0n) is 26.8. The lowest BCUT2D eigenvalue weighted by atomic mass is 9.85. The van der Waals surface area contributed by atoms with Crippen molar-refractivity contribution in [1.29, 1.82) is 0 Å². The third kappa shape index (κ3) is 6.37. The van der Waals surface area contributed by atoms with Crippen LogP contribution in [0, 0.1) is 0 Å². The number of ether oxygens (including phenoxy) is 2. The van der Waals surface area contributed by atoms with Gasteiger partial charge in [-0.05, 0) is 51.1 Å². The number of benzene rings is 1. The number of nitrogens with one attached hydrogen (secondary N) is 2. The van der Waals surface area contributed by atoms with Crippen molar-refractivity contribution in [3.05, 3.63) is 59.3 Å². The first-order valence-corrected chi connectivity index (χ1v) is 16.3. The molecule has 3 aromatic heterocycles. The van der Waals surface area contributed by atoms with E-state index in [1.54, 1.807) is 25.5 Å². The highest BCUT2D eigenvalue weighted by atomic mass is 19.4. The summed E-state index contributed by atoms with van der Waals surface area (Å²) >= 11 is 0. The Kier molecular flexibility index (Phi) is 8.27. The first kappa shape index (κ1) is 31.3. The van der Waals surface area contributed by atoms with Crippen LogP contribution in [-0.2, 0) is 25.2 Å². The summed E-state index contributed by atoms with van der Waals surface area (Å²) < 4.78 is 54.1. The van der Waals surface area contributed by atoms with Crippen LogP contribution in [0.1, 0.15) is 80.3 Å². The Morgan fingerprint density at radius 2 is 1.77 bits per heavy atom. The zero-order valence-corrected chi connectivity index (χ0v) is 26.8. The molecular formula is C34H39F3N8O2. The molecule has 47 heavy (non-hydrogen) atoms. The van der Waals surface area contributed by atoms with Gasteiger partial charge in [-0.1, -0.05) is 37.6 Å². The molecular weight excluding hydrogens is 609 g/mol. The van der Waals surface area contributed by atoms with Gasteiger partial charge < -0.3 is 24.7 Å². The lowest BCUT2D eigenvalue weighted by Crippen LogP contribution is -2.36. The van der Waals surface area contributed by atoms with E-state index in [0.29, 0.717) is 48.0 Å². The van der Waals surface area contributed by atoms with Gasteiger partial charge in [-0.25, -0.2) is 19.9 Å². The quantitative estimate of drug-likeness (QED) is 0.201. The van der Waals surface area contributed by atoms with Crippen LogP contribution in [-0.4, -0.2) is 55.7 Å². The minimum absolute atomic E-state index is 0.0976. The number of aromatic nitrogens is 6. The number of rotatable bonds is 10. The molecule has 1 unspecified atom stereocenters. The third-order valence-corrected chi connectivity index (χ3v) is 9.31. The van der Waals surface area contributed by atoms with Gasteiger partial charge in [-0.15, -0.1) is 0 Å². The van der Waals surface area contributed by atoms with E-state index in [2.05, 4.69) is 32.5 Å². The summed E-state index contributed by atoms with van der Waals surface area (Å²) in [4.78, 5) is 23.2. The third-order valence-electron chi connectivity index (χ3n) is 9.31. The number of likely N-dealkylation sites (N-methyl/N-ethyl adjacent to an activating group) is 1. The second-order valence-electron chi connectivity index (χ2n) is 13.2. The fourth-order valence-electron chi connectivity index (χ4n) is 6.70. The molecule has 7 rings (SSSR count). The van der Waals surface area contributed by atoms with Crippen LogP contribution >= 0.6 is 0 Å². The molecule has 10 nitrogen and oxygen atoms in total. The molecule has 3 aliphatic rings.